The molecule has 1 N–H and O–H groups in total. The Morgan fingerprint density at radius 3 is 2.62 bits per heavy atom. The number of sulfonamides is 1. The second-order valence-corrected chi connectivity index (χ2v) is 9.54. The van der Waals surface area contributed by atoms with E-state index in [1.807, 2.05) is 6.92 Å². The smallest absolute Gasteiger partial charge is 0.240 e. The molecular formula is C21H24F2N2O3S. The minimum atomic E-state index is -3.57. The second-order valence-electron chi connectivity index (χ2n) is 7.77. The van der Waals surface area contributed by atoms with Crippen LogP contribution in [0.25, 0.3) is 0 Å². The van der Waals surface area contributed by atoms with E-state index < -0.39 is 21.7 Å². The quantitative estimate of drug-likeness (QED) is 0.778. The first kappa shape index (κ1) is 20.4. The third kappa shape index (κ3) is 4.50. The summed E-state index contributed by atoms with van der Waals surface area (Å²) in [5.74, 6) is -0.853. The van der Waals surface area contributed by atoms with Gasteiger partial charge in [0, 0.05) is 31.2 Å². The molecule has 2 aliphatic heterocycles. The van der Waals surface area contributed by atoms with Crippen molar-refractivity contribution in [2.45, 2.75) is 49.5 Å². The van der Waals surface area contributed by atoms with E-state index in [4.69, 9.17) is 4.74 Å². The van der Waals surface area contributed by atoms with E-state index in [1.54, 1.807) is 24.3 Å². The van der Waals surface area contributed by atoms with Crippen LogP contribution in [0.5, 0.6) is 0 Å². The van der Waals surface area contributed by atoms with Crippen molar-refractivity contribution in [1.82, 2.24) is 9.62 Å². The number of fused-ring (bicyclic) bond motifs is 1. The molecule has 2 aliphatic rings. The lowest BCUT2D eigenvalue weighted by Gasteiger charge is -2.52. The first-order valence-corrected chi connectivity index (χ1v) is 11.2. The van der Waals surface area contributed by atoms with Crippen molar-refractivity contribution in [2.24, 2.45) is 0 Å². The molecule has 2 aromatic rings. The number of nitrogens with one attached hydrogen (secondary N) is 1. The lowest BCUT2D eigenvalue weighted by atomic mass is 9.89. The number of hydrogen-bond acceptors (Lipinski definition) is 4. The Morgan fingerprint density at radius 1 is 1.14 bits per heavy atom. The highest BCUT2D eigenvalue weighted by molar-refractivity contribution is 7.89. The van der Waals surface area contributed by atoms with E-state index in [-0.39, 0.29) is 29.7 Å². The van der Waals surface area contributed by atoms with Crippen LogP contribution in [0.15, 0.2) is 47.4 Å². The summed E-state index contributed by atoms with van der Waals surface area (Å²) in [5, 5.41) is 0. The van der Waals surface area contributed by atoms with Crippen molar-refractivity contribution in [1.29, 1.82) is 0 Å². The molecule has 0 bridgehead atoms. The van der Waals surface area contributed by atoms with E-state index in [1.165, 1.54) is 6.07 Å². The van der Waals surface area contributed by atoms with Gasteiger partial charge in [0.05, 0.1) is 17.1 Å². The van der Waals surface area contributed by atoms with Crippen LogP contribution in [0.2, 0.25) is 0 Å². The molecular weight excluding hydrogens is 398 g/mol. The fourth-order valence-electron chi connectivity index (χ4n) is 3.98. The zero-order valence-electron chi connectivity index (χ0n) is 16.1. The van der Waals surface area contributed by atoms with Gasteiger partial charge in [0.1, 0.15) is 11.6 Å². The Balaban J connectivity index is 1.29. The maximum Gasteiger partial charge on any atom is 0.240 e. The molecule has 29 heavy (non-hydrogen) atoms. The predicted octanol–water partition coefficient (Wildman–Crippen LogP) is 2.98. The van der Waals surface area contributed by atoms with Crippen molar-refractivity contribution >= 4 is 10.0 Å². The molecule has 2 saturated heterocycles. The lowest BCUT2D eigenvalue weighted by Crippen LogP contribution is -2.64. The van der Waals surface area contributed by atoms with E-state index >= 15 is 0 Å². The number of nitrogens with zero attached hydrogens (tertiary/aromatic N) is 1. The summed E-state index contributed by atoms with van der Waals surface area (Å²) in [5.41, 5.74) is 1.34. The van der Waals surface area contributed by atoms with E-state index in [0.29, 0.717) is 25.1 Å². The SMILES string of the molecule is Cc1ccc(S(=O)(=O)NC[C@@H]2CC[C@@H]3[C@@H](CN3Cc3cc(F)ccc3F)O2)cc1. The third-order valence-electron chi connectivity index (χ3n) is 5.68. The summed E-state index contributed by atoms with van der Waals surface area (Å²) in [6, 6.07) is 10.4. The molecule has 0 spiro atoms. The number of likely N-dealkylation sites (tertiary alicyclic amines) is 1. The molecule has 2 fully saturated rings. The largest absolute Gasteiger partial charge is 0.371 e. The summed E-state index contributed by atoms with van der Waals surface area (Å²) in [7, 11) is -3.57. The maximum absolute atomic E-state index is 13.9. The van der Waals surface area contributed by atoms with Gasteiger partial charge >= 0.3 is 0 Å². The topological polar surface area (TPSA) is 58.6 Å². The van der Waals surface area contributed by atoms with Gasteiger partial charge in [-0.2, -0.15) is 0 Å². The summed E-state index contributed by atoms with van der Waals surface area (Å²) >= 11 is 0. The number of halogens is 2. The van der Waals surface area contributed by atoms with Crippen LogP contribution < -0.4 is 4.72 Å². The molecule has 0 amide bonds. The van der Waals surface area contributed by atoms with Gasteiger partial charge in [-0.1, -0.05) is 17.7 Å². The Kier molecular flexibility index (Phi) is 5.70. The van der Waals surface area contributed by atoms with E-state index in [9.17, 15) is 17.2 Å². The van der Waals surface area contributed by atoms with Crippen molar-refractivity contribution in [3.05, 3.63) is 65.2 Å². The number of rotatable bonds is 6. The molecule has 3 atom stereocenters. The fraction of sp³-hybridized carbons (Fsp3) is 0.429. The Morgan fingerprint density at radius 2 is 1.90 bits per heavy atom. The molecule has 156 valence electrons. The Labute approximate surface area is 169 Å². The summed E-state index contributed by atoms with van der Waals surface area (Å²) in [4.78, 5) is 2.32. The van der Waals surface area contributed by atoms with Crippen LogP contribution in [0, 0.1) is 18.6 Å². The zero-order chi connectivity index (χ0) is 20.6. The molecule has 2 aromatic carbocycles. The molecule has 2 heterocycles. The van der Waals surface area contributed by atoms with Crippen LogP contribution in [0.1, 0.15) is 24.0 Å². The van der Waals surface area contributed by atoms with Gasteiger partial charge in [-0.15, -0.1) is 0 Å². The molecule has 4 rings (SSSR count). The minimum absolute atomic E-state index is 0.00532. The molecule has 8 heteroatoms. The highest BCUT2D eigenvalue weighted by atomic mass is 32.2. The van der Waals surface area contributed by atoms with Crippen LogP contribution in [0.4, 0.5) is 8.78 Å². The van der Waals surface area contributed by atoms with Gasteiger partial charge in [-0.05, 0) is 50.1 Å². The molecule has 0 saturated carbocycles. The summed E-state index contributed by atoms with van der Waals surface area (Å²) in [6.07, 6.45) is 1.34. The zero-order valence-corrected chi connectivity index (χ0v) is 17.0. The Bertz CT molecular complexity index is 982. The van der Waals surface area contributed by atoms with Gasteiger partial charge < -0.3 is 4.74 Å². The number of benzene rings is 2. The first-order valence-electron chi connectivity index (χ1n) is 9.71. The average Bonchev–Trinajstić information content (AvgIpc) is 2.67. The summed E-state index contributed by atoms with van der Waals surface area (Å²) < 4.78 is 60.7. The number of hydrogen-bond donors (Lipinski definition) is 1. The predicted molar refractivity (Wildman–Crippen MR) is 105 cm³/mol. The molecule has 5 nitrogen and oxygen atoms in total. The minimum Gasteiger partial charge on any atom is -0.371 e. The van der Waals surface area contributed by atoms with Crippen molar-refractivity contribution in [3.63, 3.8) is 0 Å². The van der Waals surface area contributed by atoms with Crippen molar-refractivity contribution in [2.75, 3.05) is 13.1 Å². The normalized spacial score (nSPS) is 24.7. The molecule has 0 unspecified atom stereocenters. The molecule has 0 aliphatic carbocycles. The summed E-state index contributed by atoms with van der Waals surface area (Å²) in [6.45, 7) is 3.10. The van der Waals surface area contributed by atoms with Crippen LogP contribution in [0.3, 0.4) is 0 Å². The van der Waals surface area contributed by atoms with Crippen molar-refractivity contribution in [3.8, 4) is 0 Å². The standard InChI is InChI=1S/C21H24F2N2O3S/c1-14-2-6-18(7-3-14)29(26,27)24-11-17-5-9-20-21(28-17)13-25(20)12-15-10-16(22)4-8-19(15)23/h2-4,6-8,10,17,20-21,24H,5,9,11-13H2,1H3/t17-,20+,21+/m0/s1. The third-order valence-corrected chi connectivity index (χ3v) is 7.12. The van der Waals surface area contributed by atoms with E-state index in [0.717, 1.165) is 24.1 Å². The fourth-order valence-corrected chi connectivity index (χ4v) is 5.04. The van der Waals surface area contributed by atoms with Crippen LogP contribution >= 0.6 is 0 Å². The van der Waals surface area contributed by atoms with Gasteiger partial charge in [0.2, 0.25) is 10.0 Å². The van der Waals surface area contributed by atoms with Gasteiger partial charge in [0.25, 0.3) is 0 Å². The van der Waals surface area contributed by atoms with Crippen LogP contribution in [-0.2, 0) is 21.3 Å². The van der Waals surface area contributed by atoms with Crippen molar-refractivity contribution < 1.29 is 21.9 Å². The monoisotopic (exact) mass is 422 g/mol. The average molecular weight is 422 g/mol. The van der Waals surface area contributed by atoms with Gasteiger partial charge in [-0.25, -0.2) is 21.9 Å². The van der Waals surface area contributed by atoms with Crippen LogP contribution in [-0.4, -0.2) is 44.7 Å². The van der Waals surface area contributed by atoms with Gasteiger partial charge in [-0.3, -0.25) is 4.90 Å². The lowest BCUT2D eigenvalue weighted by molar-refractivity contribution is -0.168. The van der Waals surface area contributed by atoms with E-state index in [2.05, 4.69) is 9.62 Å². The molecule has 0 aromatic heterocycles. The second kappa shape index (κ2) is 8.10. The van der Waals surface area contributed by atoms with Gasteiger partial charge in [0.15, 0.2) is 0 Å². The first-order chi connectivity index (χ1) is 13.8. The highest BCUT2D eigenvalue weighted by Gasteiger charge is 2.44. The number of aryl methyl sites for hydroxylation is 1. The number of ether oxygens (including phenoxy) is 1. The Hall–Kier alpha value is -1.87. The molecule has 0 radical (unpaired) electrons. The maximum atomic E-state index is 13.9. The highest BCUT2D eigenvalue weighted by Crippen LogP contribution is 2.33.